The van der Waals surface area contributed by atoms with Gasteiger partial charge in [-0.2, -0.15) is 22.0 Å². The van der Waals surface area contributed by atoms with Crippen molar-refractivity contribution in [2.45, 2.75) is 12.1 Å². The van der Waals surface area contributed by atoms with Crippen LogP contribution in [0.3, 0.4) is 0 Å². The predicted octanol–water partition coefficient (Wildman–Crippen LogP) is 3.35. The molecule has 0 atom stereocenters. The first-order valence-electron chi connectivity index (χ1n) is 3.88. The summed E-state index contributed by atoms with van der Waals surface area (Å²) in [6, 6.07) is 4.15. The van der Waals surface area contributed by atoms with Crippen LogP contribution in [0.1, 0.15) is 5.56 Å². The highest BCUT2D eigenvalue weighted by atomic mass is 19.4. The van der Waals surface area contributed by atoms with Gasteiger partial charge >= 0.3 is 12.1 Å². The molecule has 0 unspecified atom stereocenters. The molecule has 0 aliphatic heterocycles. The summed E-state index contributed by atoms with van der Waals surface area (Å²) in [5.41, 5.74) is -1.18. The third-order valence-electron chi connectivity index (χ3n) is 1.80. The van der Waals surface area contributed by atoms with E-state index in [9.17, 15) is 22.0 Å². The molecule has 84 valence electrons. The van der Waals surface area contributed by atoms with Crippen LogP contribution in [0.2, 0.25) is 0 Å². The summed E-state index contributed by atoms with van der Waals surface area (Å²) in [5, 5.41) is 0. The Balaban J connectivity index is 3.26. The zero-order valence-electron chi connectivity index (χ0n) is 7.61. The molecule has 1 aromatic carbocycles. The third kappa shape index (κ3) is 2.03. The van der Waals surface area contributed by atoms with E-state index < -0.39 is 23.4 Å². The van der Waals surface area contributed by atoms with Crippen LogP contribution < -0.4 is 4.74 Å². The summed E-state index contributed by atoms with van der Waals surface area (Å²) in [7, 11) is 1.03. The van der Waals surface area contributed by atoms with Crippen LogP contribution in [-0.2, 0) is 5.92 Å². The minimum atomic E-state index is -5.62. The molecule has 0 radical (unpaired) electrons. The van der Waals surface area contributed by atoms with Crippen LogP contribution in [0.4, 0.5) is 22.0 Å². The fourth-order valence-corrected chi connectivity index (χ4v) is 1.06. The monoisotopic (exact) mass is 226 g/mol. The molecule has 0 saturated carbocycles. The zero-order chi connectivity index (χ0) is 11.7. The van der Waals surface area contributed by atoms with Gasteiger partial charge in [0.25, 0.3) is 0 Å². The molecule has 15 heavy (non-hydrogen) atoms. The number of hydrogen-bond acceptors (Lipinski definition) is 1. The molecule has 0 aliphatic carbocycles. The summed E-state index contributed by atoms with van der Waals surface area (Å²) >= 11 is 0. The van der Waals surface area contributed by atoms with E-state index in [-0.39, 0.29) is 0 Å². The number of halogens is 5. The normalized spacial score (nSPS) is 12.7. The highest BCUT2D eigenvalue weighted by Gasteiger charge is 2.59. The number of alkyl halides is 5. The standard InChI is InChI=1S/C9H7F5O/c1-15-7-5-3-2-4-6(7)8(10,11)9(12,13)14/h2-5H,1H3. The molecule has 1 aromatic rings. The Morgan fingerprint density at radius 1 is 1.00 bits per heavy atom. The van der Waals surface area contributed by atoms with Gasteiger partial charge in [-0.1, -0.05) is 12.1 Å². The minimum Gasteiger partial charge on any atom is -0.496 e. The molecular weight excluding hydrogens is 219 g/mol. The number of ether oxygens (including phenoxy) is 1. The molecule has 1 nitrogen and oxygen atoms in total. The van der Waals surface area contributed by atoms with E-state index in [1.54, 1.807) is 0 Å². The van der Waals surface area contributed by atoms with Crippen molar-refractivity contribution in [3.63, 3.8) is 0 Å². The van der Waals surface area contributed by atoms with E-state index in [4.69, 9.17) is 0 Å². The average Bonchev–Trinajstić information content (AvgIpc) is 2.16. The Morgan fingerprint density at radius 3 is 2.00 bits per heavy atom. The smallest absolute Gasteiger partial charge is 0.458 e. The predicted molar refractivity (Wildman–Crippen MR) is 42.9 cm³/mol. The number of para-hydroxylation sites is 1. The van der Waals surface area contributed by atoms with Gasteiger partial charge in [0.15, 0.2) is 0 Å². The Bertz CT molecular complexity index is 345. The minimum absolute atomic E-state index is 0.486. The Kier molecular flexibility index (Phi) is 2.88. The summed E-state index contributed by atoms with van der Waals surface area (Å²) in [6.07, 6.45) is -5.62. The Labute approximate surface area is 82.5 Å². The second-order valence-electron chi connectivity index (χ2n) is 2.77. The quantitative estimate of drug-likeness (QED) is 0.702. The maximum Gasteiger partial charge on any atom is 0.458 e. The SMILES string of the molecule is COc1ccccc1C(F)(F)C(F)(F)F. The van der Waals surface area contributed by atoms with Gasteiger partial charge in [-0.15, -0.1) is 0 Å². The first-order chi connectivity index (χ1) is 6.80. The van der Waals surface area contributed by atoms with Crippen molar-refractivity contribution >= 4 is 0 Å². The van der Waals surface area contributed by atoms with Crippen LogP contribution in [0, 0.1) is 0 Å². The van der Waals surface area contributed by atoms with Gasteiger partial charge in [-0.25, -0.2) is 0 Å². The fraction of sp³-hybridized carbons (Fsp3) is 0.333. The van der Waals surface area contributed by atoms with Crippen molar-refractivity contribution < 1.29 is 26.7 Å². The number of methoxy groups -OCH3 is 1. The molecule has 0 saturated heterocycles. The summed E-state index contributed by atoms with van der Waals surface area (Å²) < 4.78 is 66.3. The van der Waals surface area contributed by atoms with E-state index in [0.717, 1.165) is 19.2 Å². The third-order valence-corrected chi connectivity index (χ3v) is 1.80. The van der Waals surface area contributed by atoms with E-state index >= 15 is 0 Å². The molecule has 0 N–H and O–H groups in total. The van der Waals surface area contributed by atoms with Crippen LogP contribution >= 0.6 is 0 Å². The number of hydrogen-bond donors (Lipinski definition) is 0. The van der Waals surface area contributed by atoms with Crippen molar-refractivity contribution in [1.82, 2.24) is 0 Å². The van der Waals surface area contributed by atoms with Crippen molar-refractivity contribution in [2.75, 3.05) is 7.11 Å². The molecule has 0 aliphatic rings. The van der Waals surface area contributed by atoms with E-state index in [0.29, 0.717) is 6.07 Å². The average molecular weight is 226 g/mol. The summed E-state index contributed by atoms with van der Waals surface area (Å²) in [5.74, 6) is -5.39. The van der Waals surface area contributed by atoms with Gasteiger partial charge < -0.3 is 4.74 Å². The first-order valence-corrected chi connectivity index (χ1v) is 3.88. The topological polar surface area (TPSA) is 9.23 Å². The van der Waals surface area contributed by atoms with Crippen molar-refractivity contribution in [1.29, 1.82) is 0 Å². The van der Waals surface area contributed by atoms with E-state index in [2.05, 4.69) is 4.74 Å². The molecule has 0 spiro atoms. The summed E-state index contributed by atoms with van der Waals surface area (Å²) in [4.78, 5) is 0. The highest BCUT2D eigenvalue weighted by Crippen LogP contribution is 2.46. The molecule has 0 bridgehead atoms. The molecule has 1 rings (SSSR count). The van der Waals surface area contributed by atoms with Gasteiger partial charge in [0.1, 0.15) is 5.75 Å². The number of rotatable bonds is 2. The lowest BCUT2D eigenvalue weighted by molar-refractivity contribution is -0.289. The van der Waals surface area contributed by atoms with Crippen LogP contribution in [0.5, 0.6) is 5.75 Å². The molecule has 0 heterocycles. The lowest BCUT2D eigenvalue weighted by Gasteiger charge is -2.21. The molecular formula is C9H7F5O. The van der Waals surface area contributed by atoms with Crippen LogP contribution in [0.25, 0.3) is 0 Å². The maximum atomic E-state index is 12.9. The van der Waals surface area contributed by atoms with Gasteiger partial charge in [-0.3, -0.25) is 0 Å². The zero-order valence-corrected chi connectivity index (χ0v) is 7.61. The van der Waals surface area contributed by atoms with Crippen LogP contribution in [-0.4, -0.2) is 13.3 Å². The number of benzene rings is 1. The molecule has 0 amide bonds. The van der Waals surface area contributed by atoms with Gasteiger partial charge in [-0.05, 0) is 12.1 Å². The van der Waals surface area contributed by atoms with Crippen molar-refractivity contribution in [3.05, 3.63) is 29.8 Å². The van der Waals surface area contributed by atoms with Crippen molar-refractivity contribution in [3.8, 4) is 5.75 Å². The second-order valence-corrected chi connectivity index (χ2v) is 2.77. The lowest BCUT2D eigenvalue weighted by Crippen LogP contribution is -2.33. The fourth-order valence-electron chi connectivity index (χ4n) is 1.06. The van der Waals surface area contributed by atoms with Crippen molar-refractivity contribution in [2.24, 2.45) is 0 Å². The van der Waals surface area contributed by atoms with E-state index in [1.807, 2.05) is 0 Å². The summed E-state index contributed by atoms with van der Waals surface area (Å²) in [6.45, 7) is 0. The van der Waals surface area contributed by atoms with Gasteiger partial charge in [0, 0.05) is 0 Å². The van der Waals surface area contributed by atoms with Gasteiger partial charge in [0.2, 0.25) is 0 Å². The molecule has 0 fully saturated rings. The van der Waals surface area contributed by atoms with Crippen LogP contribution in [0.15, 0.2) is 24.3 Å². The Morgan fingerprint density at radius 2 is 1.53 bits per heavy atom. The first kappa shape index (κ1) is 11.7. The van der Waals surface area contributed by atoms with Gasteiger partial charge in [0.05, 0.1) is 12.7 Å². The Hall–Kier alpha value is -1.33. The van der Waals surface area contributed by atoms with E-state index in [1.165, 1.54) is 6.07 Å². The molecule has 0 aromatic heterocycles. The lowest BCUT2D eigenvalue weighted by atomic mass is 10.1. The highest BCUT2D eigenvalue weighted by molar-refractivity contribution is 5.37. The maximum absolute atomic E-state index is 12.9. The second kappa shape index (κ2) is 3.67. The largest absolute Gasteiger partial charge is 0.496 e. The molecule has 6 heteroatoms.